The second-order valence-electron chi connectivity index (χ2n) is 4.91. The summed E-state index contributed by atoms with van der Waals surface area (Å²) in [7, 11) is 0. The van der Waals surface area contributed by atoms with Crippen molar-refractivity contribution in [2.24, 2.45) is 17.6 Å². The molecule has 2 N–H and O–H groups in total. The van der Waals surface area contributed by atoms with Gasteiger partial charge in [-0.1, -0.05) is 31.5 Å². The van der Waals surface area contributed by atoms with Gasteiger partial charge in [-0.05, 0) is 24.5 Å². The van der Waals surface area contributed by atoms with Crippen molar-refractivity contribution in [2.75, 3.05) is 6.54 Å². The van der Waals surface area contributed by atoms with E-state index in [2.05, 4.69) is 0 Å². The normalized spacial score (nSPS) is 12.8. The van der Waals surface area contributed by atoms with Crippen LogP contribution in [0.15, 0.2) is 18.2 Å². The molecule has 0 amide bonds. The van der Waals surface area contributed by atoms with Gasteiger partial charge in [-0.15, -0.1) is 0 Å². The van der Waals surface area contributed by atoms with Crippen molar-refractivity contribution in [1.29, 1.82) is 0 Å². The fourth-order valence-electron chi connectivity index (χ4n) is 1.95. The molecule has 0 spiro atoms. The molecule has 1 atom stereocenters. The van der Waals surface area contributed by atoms with Crippen LogP contribution in [0.3, 0.4) is 0 Å². The van der Waals surface area contributed by atoms with Gasteiger partial charge in [-0.25, -0.2) is 4.39 Å². The van der Waals surface area contributed by atoms with Crippen LogP contribution < -0.4 is 5.73 Å². The van der Waals surface area contributed by atoms with Crippen molar-refractivity contribution in [3.63, 3.8) is 0 Å². The third-order valence-corrected chi connectivity index (χ3v) is 3.26. The highest BCUT2D eigenvalue weighted by molar-refractivity contribution is 6.31. The molecule has 0 aromatic heterocycles. The molecule has 0 aliphatic carbocycles. The minimum Gasteiger partial charge on any atom is -0.330 e. The maximum Gasteiger partial charge on any atom is 0.141 e. The molecule has 0 radical (unpaired) electrons. The molecule has 0 aliphatic heterocycles. The maximum absolute atomic E-state index is 13.6. The number of carbonyl (C=O) groups is 1. The lowest BCUT2D eigenvalue weighted by Gasteiger charge is -2.16. The zero-order valence-corrected chi connectivity index (χ0v) is 11.5. The lowest BCUT2D eigenvalue weighted by Crippen LogP contribution is -2.27. The number of carbonyl (C=O) groups excluding carboxylic acids is 1. The molecule has 1 aromatic rings. The summed E-state index contributed by atoms with van der Waals surface area (Å²) < 4.78 is 13.6. The molecular formula is C14H19ClFNO. The maximum atomic E-state index is 13.6. The summed E-state index contributed by atoms with van der Waals surface area (Å²) in [5.41, 5.74) is 5.87. The number of hydrogen-bond donors (Lipinski definition) is 1. The molecule has 0 saturated heterocycles. The Kier molecular flexibility index (Phi) is 5.76. The van der Waals surface area contributed by atoms with Gasteiger partial charge < -0.3 is 5.73 Å². The molecule has 0 aliphatic rings. The van der Waals surface area contributed by atoms with Gasteiger partial charge in [0.1, 0.15) is 11.6 Å². The van der Waals surface area contributed by atoms with E-state index in [0.29, 0.717) is 17.5 Å². The fraction of sp³-hybridized carbons (Fsp3) is 0.500. The second kappa shape index (κ2) is 6.86. The van der Waals surface area contributed by atoms with Crippen LogP contribution in [0.5, 0.6) is 0 Å². The van der Waals surface area contributed by atoms with Crippen molar-refractivity contribution in [2.45, 2.75) is 26.7 Å². The quantitative estimate of drug-likeness (QED) is 0.863. The van der Waals surface area contributed by atoms with Crippen LogP contribution in [0, 0.1) is 17.7 Å². The molecule has 0 bridgehead atoms. The monoisotopic (exact) mass is 271 g/mol. The van der Waals surface area contributed by atoms with Gasteiger partial charge in [0.05, 0.1) is 0 Å². The third kappa shape index (κ3) is 4.07. The van der Waals surface area contributed by atoms with Crippen LogP contribution in [-0.2, 0) is 11.2 Å². The Morgan fingerprint density at radius 3 is 2.61 bits per heavy atom. The number of Topliss-reactive ketones (excluding diaryl/α,β-unsaturated/α-hetero) is 1. The SMILES string of the molecule is CC(C)CC(CN)C(=O)Cc1c(F)cccc1Cl. The van der Waals surface area contributed by atoms with Crippen LogP contribution in [-0.4, -0.2) is 12.3 Å². The highest BCUT2D eigenvalue weighted by Gasteiger charge is 2.20. The van der Waals surface area contributed by atoms with Gasteiger partial charge in [0.2, 0.25) is 0 Å². The number of ketones is 1. The van der Waals surface area contributed by atoms with Crippen LogP contribution in [0.4, 0.5) is 4.39 Å². The van der Waals surface area contributed by atoms with E-state index in [9.17, 15) is 9.18 Å². The lowest BCUT2D eigenvalue weighted by atomic mass is 9.90. The minimum atomic E-state index is -0.434. The molecule has 0 saturated carbocycles. The molecule has 1 rings (SSSR count). The first-order chi connectivity index (χ1) is 8.45. The molecule has 18 heavy (non-hydrogen) atoms. The summed E-state index contributed by atoms with van der Waals surface area (Å²) in [6.45, 7) is 4.36. The smallest absolute Gasteiger partial charge is 0.141 e. The summed E-state index contributed by atoms with van der Waals surface area (Å²) in [5, 5.41) is 0.295. The molecule has 1 unspecified atom stereocenters. The number of rotatable bonds is 6. The molecule has 2 nitrogen and oxygen atoms in total. The van der Waals surface area contributed by atoms with Crippen LogP contribution in [0.25, 0.3) is 0 Å². The lowest BCUT2D eigenvalue weighted by molar-refractivity contribution is -0.122. The van der Waals surface area contributed by atoms with Gasteiger partial charge >= 0.3 is 0 Å². The van der Waals surface area contributed by atoms with E-state index < -0.39 is 5.82 Å². The van der Waals surface area contributed by atoms with Crippen molar-refractivity contribution >= 4 is 17.4 Å². The summed E-state index contributed by atoms with van der Waals surface area (Å²) in [5.74, 6) is -0.311. The number of nitrogens with two attached hydrogens (primary N) is 1. The molecule has 1 aromatic carbocycles. The Morgan fingerprint density at radius 2 is 2.11 bits per heavy atom. The second-order valence-corrected chi connectivity index (χ2v) is 5.31. The first-order valence-corrected chi connectivity index (χ1v) is 6.49. The molecule has 4 heteroatoms. The predicted molar refractivity (Wildman–Crippen MR) is 72.1 cm³/mol. The average molecular weight is 272 g/mol. The van der Waals surface area contributed by atoms with Crippen molar-refractivity contribution in [1.82, 2.24) is 0 Å². The predicted octanol–water partition coefficient (Wildman–Crippen LogP) is 3.21. The fourth-order valence-corrected chi connectivity index (χ4v) is 2.18. The zero-order valence-electron chi connectivity index (χ0n) is 10.7. The van der Waals surface area contributed by atoms with E-state index in [-0.39, 0.29) is 23.7 Å². The van der Waals surface area contributed by atoms with Crippen LogP contribution in [0.1, 0.15) is 25.8 Å². The first-order valence-electron chi connectivity index (χ1n) is 6.11. The van der Waals surface area contributed by atoms with E-state index in [1.807, 2.05) is 13.8 Å². The van der Waals surface area contributed by atoms with E-state index in [1.54, 1.807) is 6.07 Å². The van der Waals surface area contributed by atoms with Gasteiger partial charge in [0.25, 0.3) is 0 Å². The Balaban J connectivity index is 2.80. The Morgan fingerprint density at radius 1 is 1.44 bits per heavy atom. The zero-order chi connectivity index (χ0) is 13.7. The topological polar surface area (TPSA) is 43.1 Å². The Bertz CT molecular complexity index is 400. The Hall–Kier alpha value is -0.930. The van der Waals surface area contributed by atoms with E-state index in [0.717, 1.165) is 6.42 Å². The summed E-state index contributed by atoms with van der Waals surface area (Å²) >= 11 is 5.90. The Labute approximate surface area is 112 Å². The molecule has 0 heterocycles. The van der Waals surface area contributed by atoms with Crippen molar-refractivity contribution in [3.8, 4) is 0 Å². The number of benzene rings is 1. The minimum absolute atomic E-state index is 0.0140. The summed E-state index contributed by atoms with van der Waals surface area (Å²) in [6, 6.07) is 4.43. The largest absolute Gasteiger partial charge is 0.330 e. The highest BCUT2D eigenvalue weighted by Crippen LogP contribution is 2.22. The number of halogens is 2. The van der Waals surface area contributed by atoms with E-state index in [1.165, 1.54) is 12.1 Å². The highest BCUT2D eigenvalue weighted by atomic mass is 35.5. The van der Waals surface area contributed by atoms with Gasteiger partial charge in [0, 0.05) is 29.5 Å². The summed E-state index contributed by atoms with van der Waals surface area (Å²) in [6.07, 6.45) is 0.738. The van der Waals surface area contributed by atoms with E-state index >= 15 is 0 Å². The molecule has 0 fully saturated rings. The van der Waals surface area contributed by atoms with Gasteiger partial charge in [-0.2, -0.15) is 0 Å². The first kappa shape index (κ1) is 15.1. The van der Waals surface area contributed by atoms with Gasteiger partial charge in [0.15, 0.2) is 0 Å². The standard InChI is InChI=1S/C14H19ClFNO/c1-9(2)6-10(8-17)14(18)7-11-12(15)4-3-5-13(11)16/h3-5,9-10H,6-8,17H2,1-2H3. The van der Waals surface area contributed by atoms with Crippen molar-refractivity contribution in [3.05, 3.63) is 34.6 Å². The van der Waals surface area contributed by atoms with Crippen molar-refractivity contribution < 1.29 is 9.18 Å². The third-order valence-electron chi connectivity index (χ3n) is 2.91. The summed E-state index contributed by atoms with van der Waals surface area (Å²) in [4.78, 5) is 12.1. The van der Waals surface area contributed by atoms with Crippen LogP contribution in [0.2, 0.25) is 5.02 Å². The average Bonchev–Trinajstić information content (AvgIpc) is 2.30. The molecule has 100 valence electrons. The van der Waals surface area contributed by atoms with E-state index in [4.69, 9.17) is 17.3 Å². The van der Waals surface area contributed by atoms with Crippen LogP contribution >= 0.6 is 11.6 Å². The molecular weight excluding hydrogens is 253 g/mol. The van der Waals surface area contributed by atoms with Gasteiger partial charge in [-0.3, -0.25) is 4.79 Å². The number of hydrogen-bond acceptors (Lipinski definition) is 2.